The molecule has 0 radical (unpaired) electrons. The van der Waals surface area contributed by atoms with Crippen molar-refractivity contribution in [3.05, 3.63) is 56.2 Å². The Hall–Kier alpha value is -2.71. The Bertz CT molecular complexity index is 971. The molecule has 2 N–H and O–H groups in total. The minimum atomic E-state index is -0.677. The first-order valence-electron chi connectivity index (χ1n) is 9.51. The molecule has 150 valence electrons. The fourth-order valence-electron chi connectivity index (χ4n) is 3.34. The van der Waals surface area contributed by atoms with Crippen molar-refractivity contribution in [2.24, 2.45) is 4.99 Å². The number of aryl methyl sites for hydroxylation is 1. The van der Waals surface area contributed by atoms with E-state index in [-0.39, 0.29) is 11.4 Å². The summed E-state index contributed by atoms with van der Waals surface area (Å²) in [6.45, 7) is 8.12. The van der Waals surface area contributed by atoms with E-state index in [1.807, 2.05) is 26.0 Å². The largest absolute Gasteiger partial charge is 0.493 e. The summed E-state index contributed by atoms with van der Waals surface area (Å²) in [5, 5.41) is 10.8. The van der Waals surface area contributed by atoms with E-state index in [0.717, 1.165) is 29.8 Å². The minimum Gasteiger partial charge on any atom is -0.493 e. The van der Waals surface area contributed by atoms with E-state index < -0.39 is 11.2 Å². The Labute approximate surface area is 163 Å². The predicted octanol–water partition coefficient (Wildman–Crippen LogP) is 1.07. The molecule has 1 aliphatic rings. The molecule has 0 unspecified atom stereocenters. The number of nitrogens with zero attached hydrogens (tertiary/aromatic N) is 3. The van der Waals surface area contributed by atoms with E-state index >= 15 is 0 Å². The quantitative estimate of drug-likeness (QED) is 0.724. The number of hydrogen-bond donors (Lipinski definition) is 2. The summed E-state index contributed by atoms with van der Waals surface area (Å²) in [4.78, 5) is 34.0. The number of nitrogens with one attached hydrogen (secondary N) is 1. The number of ether oxygens (including phenoxy) is 1. The van der Waals surface area contributed by atoms with Crippen LogP contribution in [0, 0.1) is 6.92 Å². The first-order chi connectivity index (χ1) is 13.5. The van der Waals surface area contributed by atoms with Gasteiger partial charge in [-0.15, -0.1) is 0 Å². The van der Waals surface area contributed by atoms with Gasteiger partial charge in [0.05, 0.1) is 31.2 Å². The number of para-hydroxylation sites is 1. The van der Waals surface area contributed by atoms with Crippen LogP contribution in [-0.4, -0.2) is 64.7 Å². The summed E-state index contributed by atoms with van der Waals surface area (Å²) in [6, 6.07) is 7.18. The highest BCUT2D eigenvalue weighted by molar-refractivity contribution is 6.02. The Morgan fingerprint density at radius 2 is 1.96 bits per heavy atom. The van der Waals surface area contributed by atoms with Gasteiger partial charge < -0.3 is 9.84 Å². The molecule has 2 heterocycles. The second-order valence-electron chi connectivity index (χ2n) is 6.72. The molecule has 0 aliphatic carbocycles. The topological polar surface area (TPSA) is 99.9 Å². The molecular weight excluding hydrogens is 360 g/mol. The number of hydrogen-bond acceptors (Lipinski definition) is 6. The van der Waals surface area contributed by atoms with Crippen molar-refractivity contribution in [2.45, 2.75) is 20.3 Å². The molecule has 0 atom stereocenters. The summed E-state index contributed by atoms with van der Waals surface area (Å²) >= 11 is 0. The van der Waals surface area contributed by atoms with E-state index in [1.54, 1.807) is 12.1 Å². The fourth-order valence-corrected chi connectivity index (χ4v) is 3.34. The standard InChI is InChI=1S/C20H26N4O4/c1-3-15(21-8-9-23-10-12-28-13-11-23)17-18(25)22-20(27)24(19(17)26)16-7-5-4-6-14(16)2/h4-7,26H,3,8-13H2,1-2H3,(H,22,25,27). The van der Waals surface area contributed by atoms with Gasteiger partial charge in [0.25, 0.3) is 5.56 Å². The lowest BCUT2D eigenvalue weighted by Gasteiger charge is -2.25. The van der Waals surface area contributed by atoms with E-state index in [9.17, 15) is 14.7 Å². The van der Waals surface area contributed by atoms with Crippen LogP contribution in [-0.2, 0) is 4.74 Å². The van der Waals surface area contributed by atoms with Crippen molar-refractivity contribution in [1.29, 1.82) is 0 Å². The van der Waals surface area contributed by atoms with Crippen LogP contribution in [0.4, 0.5) is 0 Å². The van der Waals surface area contributed by atoms with Crippen molar-refractivity contribution < 1.29 is 9.84 Å². The van der Waals surface area contributed by atoms with Gasteiger partial charge in [-0.3, -0.25) is 19.7 Å². The molecule has 1 fully saturated rings. The molecule has 0 amide bonds. The van der Waals surface area contributed by atoms with Crippen LogP contribution in [0.5, 0.6) is 5.88 Å². The Morgan fingerprint density at radius 1 is 1.25 bits per heavy atom. The summed E-state index contributed by atoms with van der Waals surface area (Å²) < 4.78 is 6.46. The molecule has 1 aromatic heterocycles. The van der Waals surface area contributed by atoms with E-state index in [1.165, 1.54) is 0 Å². The molecule has 3 rings (SSSR count). The van der Waals surface area contributed by atoms with Crippen LogP contribution >= 0.6 is 0 Å². The maximum absolute atomic E-state index is 12.5. The number of H-pyrrole nitrogens is 1. The molecule has 8 nitrogen and oxygen atoms in total. The van der Waals surface area contributed by atoms with Gasteiger partial charge in [0.2, 0.25) is 5.88 Å². The first-order valence-corrected chi connectivity index (χ1v) is 9.51. The average molecular weight is 386 g/mol. The van der Waals surface area contributed by atoms with Crippen LogP contribution in [0.25, 0.3) is 5.69 Å². The molecule has 1 saturated heterocycles. The zero-order valence-electron chi connectivity index (χ0n) is 16.3. The van der Waals surface area contributed by atoms with Crippen molar-refractivity contribution in [1.82, 2.24) is 14.5 Å². The van der Waals surface area contributed by atoms with E-state index in [2.05, 4.69) is 14.9 Å². The smallest absolute Gasteiger partial charge is 0.335 e. The number of benzene rings is 1. The monoisotopic (exact) mass is 386 g/mol. The van der Waals surface area contributed by atoms with Gasteiger partial charge in [-0.1, -0.05) is 25.1 Å². The molecule has 8 heteroatoms. The van der Waals surface area contributed by atoms with Crippen LogP contribution in [0.2, 0.25) is 0 Å². The SMILES string of the molecule is CCC(=NCCN1CCOCC1)c1c(O)n(-c2ccccc2C)c(=O)[nH]c1=O. The predicted molar refractivity (Wildman–Crippen MR) is 108 cm³/mol. The molecule has 1 aliphatic heterocycles. The molecule has 0 spiro atoms. The lowest BCUT2D eigenvalue weighted by Crippen LogP contribution is -2.38. The van der Waals surface area contributed by atoms with Gasteiger partial charge in [0, 0.05) is 19.6 Å². The van der Waals surface area contributed by atoms with Gasteiger partial charge in [0.1, 0.15) is 5.56 Å². The molecule has 28 heavy (non-hydrogen) atoms. The second-order valence-corrected chi connectivity index (χ2v) is 6.72. The number of morpholine rings is 1. The third kappa shape index (κ3) is 4.23. The van der Waals surface area contributed by atoms with Gasteiger partial charge in [-0.25, -0.2) is 9.36 Å². The van der Waals surface area contributed by atoms with Crippen LogP contribution < -0.4 is 11.2 Å². The van der Waals surface area contributed by atoms with Crippen molar-refractivity contribution >= 4 is 5.71 Å². The van der Waals surface area contributed by atoms with Crippen molar-refractivity contribution in [3.63, 3.8) is 0 Å². The average Bonchev–Trinajstić information content (AvgIpc) is 2.68. The van der Waals surface area contributed by atoms with Crippen molar-refractivity contribution in [3.8, 4) is 11.6 Å². The molecule has 2 aromatic rings. The lowest BCUT2D eigenvalue weighted by atomic mass is 10.1. The Balaban J connectivity index is 1.96. The Kier molecular flexibility index (Phi) is 6.43. The zero-order valence-corrected chi connectivity index (χ0v) is 16.3. The third-order valence-corrected chi connectivity index (χ3v) is 4.89. The summed E-state index contributed by atoms with van der Waals surface area (Å²) in [5.74, 6) is -0.380. The van der Waals surface area contributed by atoms with Gasteiger partial charge in [-0.05, 0) is 25.0 Å². The summed E-state index contributed by atoms with van der Waals surface area (Å²) in [7, 11) is 0. The van der Waals surface area contributed by atoms with Gasteiger partial charge in [-0.2, -0.15) is 0 Å². The normalized spacial score (nSPS) is 15.7. The second kappa shape index (κ2) is 8.99. The number of aromatic hydroxyl groups is 1. The van der Waals surface area contributed by atoms with Crippen LogP contribution in [0.15, 0.2) is 38.8 Å². The lowest BCUT2D eigenvalue weighted by molar-refractivity contribution is 0.0394. The third-order valence-electron chi connectivity index (χ3n) is 4.89. The summed E-state index contributed by atoms with van der Waals surface area (Å²) in [5.41, 5.74) is 0.553. The van der Waals surface area contributed by atoms with E-state index in [0.29, 0.717) is 37.6 Å². The fraction of sp³-hybridized carbons (Fsp3) is 0.450. The van der Waals surface area contributed by atoms with Crippen molar-refractivity contribution in [2.75, 3.05) is 39.4 Å². The van der Waals surface area contributed by atoms with Gasteiger partial charge >= 0.3 is 5.69 Å². The van der Waals surface area contributed by atoms with Gasteiger partial charge in [0.15, 0.2) is 0 Å². The van der Waals surface area contributed by atoms with Crippen LogP contribution in [0.3, 0.4) is 0 Å². The summed E-state index contributed by atoms with van der Waals surface area (Å²) in [6.07, 6.45) is 0.464. The maximum Gasteiger partial charge on any atom is 0.335 e. The minimum absolute atomic E-state index is 0.0485. The molecule has 0 bridgehead atoms. The number of rotatable bonds is 6. The molecule has 0 saturated carbocycles. The maximum atomic E-state index is 12.5. The first kappa shape index (κ1) is 20.0. The number of aromatic nitrogens is 2. The highest BCUT2D eigenvalue weighted by Gasteiger charge is 2.20. The zero-order chi connectivity index (χ0) is 20.1. The van der Waals surface area contributed by atoms with E-state index in [4.69, 9.17) is 4.74 Å². The number of aromatic amines is 1. The Morgan fingerprint density at radius 3 is 2.64 bits per heavy atom. The van der Waals surface area contributed by atoms with Crippen LogP contribution in [0.1, 0.15) is 24.5 Å². The molecular formula is C20H26N4O4. The number of aliphatic imine (C=N–C) groups is 1. The highest BCUT2D eigenvalue weighted by atomic mass is 16.5. The molecule has 1 aromatic carbocycles. The highest BCUT2D eigenvalue weighted by Crippen LogP contribution is 2.20.